The van der Waals surface area contributed by atoms with Gasteiger partial charge in [-0.25, -0.2) is 4.98 Å². The molecule has 108 valence electrons. The van der Waals surface area contributed by atoms with Crippen molar-refractivity contribution in [3.05, 3.63) is 54.9 Å². The van der Waals surface area contributed by atoms with Gasteiger partial charge in [0.25, 0.3) is 0 Å². The van der Waals surface area contributed by atoms with Gasteiger partial charge >= 0.3 is 0 Å². The molecule has 0 aromatic carbocycles. The SMILES string of the molecule is O=C(/C=C\c1ccncc1)N[C@@H]1CCC[C@H]1n1ccnc1. The van der Waals surface area contributed by atoms with Gasteiger partial charge in [-0.3, -0.25) is 9.78 Å². The number of imidazole rings is 1. The molecule has 0 bridgehead atoms. The third-order valence-electron chi connectivity index (χ3n) is 3.85. The monoisotopic (exact) mass is 282 g/mol. The van der Waals surface area contributed by atoms with Gasteiger partial charge in [-0.05, 0) is 43.0 Å². The highest BCUT2D eigenvalue weighted by Crippen LogP contribution is 2.29. The van der Waals surface area contributed by atoms with Crippen LogP contribution in [0.2, 0.25) is 0 Å². The molecule has 0 saturated heterocycles. The van der Waals surface area contributed by atoms with Crippen molar-refractivity contribution in [1.82, 2.24) is 19.9 Å². The maximum atomic E-state index is 12.0. The molecule has 5 nitrogen and oxygen atoms in total. The molecular weight excluding hydrogens is 264 g/mol. The van der Waals surface area contributed by atoms with Crippen LogP contribution in [0.1, 0.15) is 30.9 Å². The summed E-state index contributed by atoms with van der Waals surface area (Å²) in [6.45, 7) is 0. The molecule has 2 atom stereocenters. The van der Waals surface area contributed by atoms with E-state index in [1.165, 1.54) is 0 Å². The third kappa shape index (κ3) is 3.37. The first-order valence-electron chi connectivity index (χ1n) is 7.19. The molecule has 1 aliphatic carbocycles. The van der Waals surface area contributed by atoms with Crippen LogP contribution in [-0.4, -0.2) is 26.5 Å². The van der Waals surface area contributed by atoms with E-state index in [-0.39, 0.29) is 11.9 Å². The Kier molecular flexibility index (Phi) is 4.09. The molecule has 2 aromatic heterocycles. The molecule has 5 heteroatoms. The first-order chi connectivity index (χ1) is 10.3. The van der Waals surface area contributed by atoms with Crippen LogP contribution in [0.5, 0.6) is 0 Å². The van der Waals surface area contributed by atoms with E-state index in [0.29, 0.717) is 6.04 Å². The van der Waals surface area contributed by atoms with Gasteiger partial charge in [-0.1, -0.05) is 0 Å². The highest BCUT2D eigenvalue weighted by molar-refractivity contribution is 5.91. The third-order valence-corrected chi connectivity index (χ3v) is 3.85. The van der Waals surface area contributed by atoms with Gasteiger partial charge in [0, 0.05) is 36.9 Å². The van der Waals surface area contributed by atoms with E-state index in [4.69, 9.17) is 0 Å². The van der Waals surface area contributed by atoms with Crippen LogP contribution in [0.15, 0.2) is 49.3 Å². The predicted molar refractivity (Wildman–Crippen MR) is 80.3 cm³/mol. The molecule has 0 unspecified atom stereocenters. The zero-order valence-electron chi connectivity index (χ0n) is 11.7. The molecule has 1 N–H and O–H groups in total. The lowest BCUT2D eigenvalue weighted by Crippen LogP contribution is -2.37. The van der Waals surface area contributed by atoms with Crippen LogP contribution in [-0.2, 0) is 4.79 Å². The average molecular weight is 282 g/mol. The number of hydrogen-bond donors (Lipinski definition) is 1. The van der Waals surface area contributed by atoms with Crippen LogP contribution < -0.4 is 5.32 Å². The maximum Gasteiger partial charge on any atom is 0.244 e. The first kappa shape index (κ1) is 13.5. The molecule has 2 aromatic rings. The minimum absolute atomic E-state index is 0.0520. The fourth-order valence-electron chi connectivity index (χ4n) is 2.81. The normalized spacial score (nSPS) is 21.7. The highest BCUT2D eigenvalue weighted by Gasteiger charge is 2.28. The number of carbonyl (C=O) groups excluding carboxylic acids is 1. The minimum atomic E-state index is -0.0520. The lowest BCUT2D eigenvalue weighted by Gasteiger charge is -2.21. The quantitative estimate of drug-likeness (QED) is 0.875. The van der Waals surface area contributed by atoms with Crippen LogP contribution in [0, 0.1) is 0 Å². The largest absolute Gasteiger partial charge is 0.348 e. The average Bonchev–Trinajstić information content (AvgIpc) is 3.17. The maximum absolute atomic E-state index is 12.0. The van der Waals surface area contributed by atoms with Gasteiger partial charge in [0.15, 0.2) is 0 Å². The number of aromatic nitrogens is 3. The van der Waals surface area contributed by atoms with Crippen molar-refractivity contribution < 1.29 is 4.79 Å². The van der Waals surface area contributed by atoms with Crippen LogP contribution >= 0.6 is 0 Å². The predicted octanol–water partition coefficient (Wildman–Crippen LogP) is 2.20. The number of nitrogens with zero attached hydrogens (tertiary/aromatic N) is 3. The Balaban J connectivity index is 1.61. The van der Waals surface area contributed by atoms with E-state index in [0.717, 1.165) is 24.8 Å². The molecule has 21 heavy (non-hydrogen) atoms. The van der Waals surface area contributed by atoms with Gasteiger partial charge in [-0.15, -0.1) is 0 Å². The molecule has 2 heterocycles. The summed E-state index contributed by atoms with van der Waals surface area (Å²) in [5.41, 5.74) is 0.970. The van der Waals surface area contributed by atoms with Crippen molar-refractivity contribution in [3.8, 4) is 0 Å². The summed E-state index contributed by atoms with van der Waals surface area (Å²) >= 11 is 0. The van der Waals surface area contributed by atoms with Crippen molar-refractivity contribution in [3.63, 3.8) is 0 Å². The molecule has 0 radical (unpaired) electrons. The second kappa shape index (κ2) is 6.35. The zero-order chi connectivity index (χ0) is 14.5. The molecule has 3 rings (SSSR count). The van der Waals surface area contributed by atoms with E-state index in [9.17, 15) is 4.79 Å². The van der Waals surface area contributed by atoms with Crippen LogP contribution in [0.25, 0.3) is 6.08 Å². The molecule has 1 fully saturated rings. The first-order valence-corrected chi connectivity index (χ1v) is 7.19. The van der Waals surface area contributed by atoms with E-state index in [2.05, 4.69) is 19.9 Å². The van der Waals surface area contributed by atoms with E-state index in [1.54, 1.807) is 30.7 Å². The van der Waals surface area contributed by atoms with Crippen LogP contribution in [0.4, 0.5) is 0 Å². The zero-order valence-corrected chi connectivity index (χ0v) is 11.7. The topological polar surface area (TPSA) is 59.8 Å². The summed E-state index contributed by atoms with van der Waals surface area (Å²) in [5.74, 6) is -0.0520. The molecule has 1 saturated carbocycles. The summed E-state index contributed by atoms with van der Waals surface area (Å²) in [7, 11) is 0. The molecule has 0 aliphatic heterocycles. The van der Waals surface area contributed by atoms with Crippen molar-refractivity contribution >= 4 is 12.0 Å². The van der Waals surface area contributed by atoms with Crippen molar-refractivity contribution in [2.45, 2.75) is 31.3 Å². The van der Waals surface area contributed by atoms with E-state index in [1.807, 2.05) is 24.7 Å². The lowest BCUT2D eigenvalue weighted by atomic mass is 10.1. The number of amides is 1. The Morgan fingerprint density at radius 3 is 2.86 bits per heavy atom. The summed E-state index contributed by atoms with van der Waals surface area (Å²) < 4.78 is 2.09. The van der Waals surface area contributed by atoms with Gasteiger partial charge in [-0.2, -0.15) is 0 Å². The second-order valence-electron chi connectivity index (χ2n) is 5.24. The second-order valence-corrected chi connectivity index (χ2v) is 5.24. The minimum Gasteiger partial charge on any atom is -0.348 e. The number of carbonyl (C=O) groups is 1. The fourth-order valence-corrected chi connectivity index (χ4v) is 2.81. The Bertz CT molecular complexity index is 606. The number of rotatable bonds is 4. The standard InChI is InChI=1S/C16H18N4O/c21-16(5-4-13-6-8-17-9-7-13)19-14-2-1-3-15(14)20-11-10-18-12-20/h4-12,14-15H,1-3H2,(H,19,21)/b5-4-/t14-,15-/m1/s1. The number of nitrogens with one attached hydrogen (secondary N) is 1. The highest BCUT2D eigenvalue weighted by atomic mass is 16.1. The summed E-state index contributed by atoms with van der Waals surface area (Å²) in [6.07, 6.45) is 15.6. The van der Waals surface area contributed by atoms with E-state index < -0.39 is 0 Å². The number of hydrogen-bond acceptors (Lipinski definition) is 3. The molecule has 0 spiro atoms. The van der Waals surface area contributed by atoms with Gasteiger partial charge in [0.05, 0.1) is 12.4 Å². The smallest absolute Gasteiger partial charge is 0.244 e. The molecular formula is C16H18N4O. The Labute approximate surface area is 123 Å². The van der Waals surface area contributed by atoms with Crippen molar-refractivity contribution in [2.75, 3.05) is 0 Å². The van der Waals surface area contributed by atoms with Gasteiger partial charge in [0.1, 0.15) is 0 Å². The van der Waals surface area contributed by atoms with Gasteiger partial charge in [0.2, 0.25) is 5.91 Å². The molecule has 1 amide bonds. The van der Waals surface area contributed by atoms with Gasteiger partial charge < -0.3 is 9.88 Å². The fraction of sp³-hybridized carbons (Fsp3) is 0.312. The summed E-state index contributed by atoms with van der Waals surface area (Å²) in [4.78, 5) is 20.1. The van der Waals surface area contributed by atoms with Crippen LogP contribution in [0.3, 0.4) is 0 Å². The lowest BCUT2D eigenvalue weighted by molar-refractivity contribution is -0.117. The number of pyridine rings is 1. The van der Waals surface area contributed by atoms with E-state index >= 15 is 0 Å². The Hall–Kier alpha value is -2.43. The summed E-state index contributed by atoms with van der Waals surface area (Å²) in [5, 5.41) is 3.10. The van der Waals surface area contributed by atoms with Crippen molar-refractivity contribution in [1.29, 1.82) is 0 Å². The summed E-state index contributed by atoms with van der Waals surface area (Å²) in [6, 6.07) is 4.22. The molecule has 1 aliphatic rings. The Morgan fingerprint density at radius 1 is 1.24 bits per heavy atom. The Morgan fingerprint density at radius 2 is 2.10 bits per heavy atom. The van der Waals surface area contributed by atoms with Crippen molar-refractivity contribution in [2.24, 2.45) is 0 Å².